The van der Waals surface area contributed by atoms with E-state index in [0.29, 0.717) is 12.8 Å². The number of hydrogen-bond donors (Lipinski definition) is 4. The van der Waals surface area contributed by atoms with Crippen LogP contribution in [0.15, 0.2) is 36.9 Å². The first kappa shape index (κ1) is 36.2. The van der Waals surface area contributed by atoms with Crippen LogP contribution in [-0.4, -0.2) is 81.6 Å². The lowest BCUT2D eigenvalue weighted by Gasteiger charge is -2.37. The molecule has 0 spiro atoms. The predicted molar refractivity (Wildman–Crippen MR) is 175 cm³/mol. The van der Waals surface area contributed by atoms with Crippen molar-refractivity contribution in [1.29, 1.82) is 0 Å². The topological polar surface area (TPSA) is 177 Å². The summed E-state index contributed by atoms with van der Waals surface area (Å²) in [7, 11) is 0. The van der Waals surface area contributed by atoms with Gasteiger partial charge in [-0.2, -0.15) is 0 Å². The quantitative estimate of drug-likeness (QED) is 0.112. The molecule has 0 aromatic heterocycles. The molecule has 1 heterocycles. The standard InChI is InChI=1S/C33H43Cl2N5O7/c1-7-10-21(25(41)27(36)42)37-28(43)24-22-20(33(22,34)35)15-40(24)29(44)26(32(4,5)6)39-31(46)38-23(16(2)3)30(45)47-19-13-17-11-8-9-12-18(17)14-19/h7-9,11-12,16,19-24,26H,1,10,13-15H2,2-6H3,(H2,36,42)(H,37,43)(H2,38,39,46)/t20-,21?,22-,23-,24-,26+/m0/s1. The van der Waals surface area contributed by atoms with Gasteiger partial charge in [-0.3, -0.25) is 19.2 Å². The zero-order valence-corrected chi connectivity index (χ0v) is 28.7. The van der Waals surface area contributed by atoms with Crippen LogP contribution in [-0.2, 0) is 41.6 Å². The Morgan fingerprint density at radius 1 is 1.06 bits per heavy atom. The fourth-order valence-corrected chi connectivity index (χ4v) is 7.25. The Hall–Kier alpha value is -3.64. The second-order valence-corrected chi connectivity index (χ2v) is 15.4. The van der Waals surface area contributed by atoms with Crippen molar-refractivity contribution in [3.8, 4) is 0 Å². The van der Waals surface area contributed by atoms with Crippen LogP contribution in [0.2, 0.25) is 0 Å². The van der Waals surface area contributed by atoms with Gasteiger partial charge in [0.2, 0.25) is 17.6 Å². The second-order valence-electron chi connectivity index (χ2n) is 13.9. The maximum atomic E-state index is 14.1. The van der Waals surface area contributed by atoms with E-state index in [0.717, 1.165) is 11.1 Å². The highest BCUT2D eigenvalue weighted by Gasteiger charge is 2.74. The van der Waals surface area contributed by atoms with E-state index in [9.17, 15) is 28.8 Å². The molecule has 6 atom stereocenters. The fourth-order valence-electron chi connectivity index (χ4n) is 6.43. The Labute approximate surface area is 284 Å². The van der Waals surface area contributed by atoms with Crippen molar-refractivity contribution in [3.05, 3.63) is 48.0 Å². The number of ketones is 1. The summed E-state index contributed by atoms with van der Waals surface area (Å²) in [6.07, 6.45) is 2.10. The Balaban J connectivity index is 1.47. The van der Waals surface area contributed by atoms with Gasteiger partial charge in [-0.1, -0.05) is 65.0 Å². The van der Waals surface area contributed by atoms with Gasteiger partial charge in [0, 0.05) is 31.2 Å². The summed E-state index contributed by atoms with van der Waals surface area (Å²) in [5, 5.41) is 7.89. The fraction of sp³-hybridized carbons (Fsp3) is 0.576. The maximum absolute atomic E-state index is 14.1. The average molecular weight is 693 g/mol. The molecule has 1 unspecified atom stereocenters. The number of urea groups is 1. The number of nitrogens with two attached hydrogens (primary N) is 1. The Bertz CT molecular complexity index is 1430. The molecule has 1 aromatic carbocycles. The molecule has 12 nitrogen and oxygen atoms in total. The number of primary amides is 1. The number of halogens is 2. The number of Topliss-reactive ketones (excluding diaryl/α,β-unsaturated/α-hetero) is 1. The number of amides is 5. The molecule has 5 N–H and O–H groups in total. The molecule has 2 fully saturated rings. The SMILES string of the molecule is C=CCC(NC(=O)[C@@H]1[C@@H]2[C@H](CN1C(=O)[C@@H](NC(=O)N[C@H](C(=O)OC1Cc3ccccc3C1)C(C)C)C(C)(C)C)C2(Cl)Cl)C(=O)C(N)=O. The van der Waals surface area contributed by atoms with Crippen molar-refractivity contribution in [2.24, 2.45) is 28.9 Å². The number of nitrogens with one attached hydrogen (secondary N) is 3. The molecule has 14 heteroatoms. The number of benzene rings is 1. The molecular formula is C33H43Cl2N5O7. The molecule has 0 bridgehead atoms. The lowest BCUT2D eigenvalue weighted by atomic mass is 9.85. The summed E-state index contributed by atoms with van der Waals surface area (Å²) in [4.78, 5) is 79.5. The molecule has 3 aliphatic rings. The Morgan fingerprint density at radius 3 is 2.17 bits per heavy atom. The van der Waals surface area contributed by atoms with Gasteiger partial charge in [-0.15, -0.1) is 29.8 Å². The molecule has 1 saturated carbocycles. The van der Waals surface area contributed by atoms with Gasteiger partial charge in [-0.05, 0) is 28.9 Å². The molecule has 5 amide bonds. The second kappa shape index (κ2) is 13.8. The summed E-state index contributed by atoms with van der Waals surface area (Å²) >= 11 is 12.9. The zero-order valence-electron chi connectivity index (χ0n) is 27.2. The summed E-state index contributed by atoms with van der Waals surface area (Å²) in [5.74, 6) is -5.58. The number of ether oxygens (including phenoxy) is 1. The third-order valence-corrected chi connectivity index (χ3v) is 10.1. The number of carbonyl (C=O) groups excluding carboxylic acids is 6. The molecular weight excluding hydrogens is 649 g/mol. The normalized spacial score (nSPS) is 23.1. The number of carbonyl (C=O) groups is 6. The van der Waals surface area contributed by atoms with E-state index in [1.165, 1.54) is 11.0 Å². The van der Waals surface area contributed by atoms with Crippen molar-refractivity contribution >= 4 is 58.7 Å². The van der Waals surface area contributed by atoms with Crippen molar-refractivity contribution in [3.63, 3.8) is 0 Å². The molecule has 1 saturated heterocycles. The number of likely N-dealkylation sites (tertiary alicyclic amines) is 1. The highest BCUT2D eigenvalue weighted by Crippen LogP contribution is 2.65. The number of piperidine rings is 1. The first-order valence-corrected chi connectivity index (χ1v) is 16.4. The summed E-state index contributed by atoms with van der Waals surface area (Å²) in [6, 6.07) is 2.46. The van der Waals surface area contributed by atoms with E-state index in [1.807, 2.05) is 24.3 Å². The van der Waals surface area contributed by atoms with Crippen LogP contribution >= 0.6 is 23.2 Å². The minimum Gasteiger partial charge on any atom is -0.460 e. The molecule has 4 rings (SSSR count). The van der Waals surface area contributed by atoms with Crippen LogP contribution in [0.4, 0.5) is 4.79 Å². The minimum atomic E-state index is -1.29. The van der Waals surface area contributed by atoms with Crippen molar-refractivity contribution in [1.82, 2.24) is 20.9 Å². The largest absolute Gasteiger partial charge is 0.460 e. The molecule has 1 aliphatic heterocycles. The van der Waals surface area contributed by atoms with Crippen LogP contribution in [0.25, 0.3) is 0 Å². The van der Waals surface area contributed by atoms with E-state index >= 15 is 0 Å². The molecule has 2 aliphatic carbocycles. The van der Waals surface area contributed by atoms with E-state index in [1.54, 1.807) is 34.6 Å². The van der Waals surface area contributed by atoms with Gasteiger partial charge in [0.15, 0.2) is 0 Å². The van der Waals surface area contributed by atoms with Gasteiger partial charge < -0.3 is 31.3 Å². The van der Waals surface area contributed by atoms with E-state index in [2.05, 4.69) is 22.5 Å². The van der Waals surface area contributed by atoms with Crippen LogP contribution in [0.5, 0.6) is 0 Å². The molecule has 47 heavy (non-hydrogen) atoms. The average Bonchev–Trinajstić information content (AvgIpc) is 3.33. The lowest BCUT2D eigenvalue weighted by molar-refractivity contribution is -0.152. The van der Waals surface area contributed by atoms with Gasteiger partial charge in [-0.25, -0.2) is 9.59 Å². The summed E-state index contributed by atoms with van der Waals surface area (Å²) in [5.41, 5.74) is 6.54. The maximum Gasteiger partial charge on any atom is 0.329 e. The third kappa shape index (κ3) is 7.75. The molecule has 256 valence electrons. The van der Waals surface area contributed by atoms with Gasteiger partial charge >= 0.3 is 12.0 Å². The van der Waals surface area contributed by atoms with Crippen LogP contribution < -0.4 is 21.7 Å². The summed E-state index contributed by atoms with van der Waals surface area (Å²) < 4.78 is 4.51. The number of alkyl halides is 2. The number of rotatable bonds is 12. The number of esters is 1. The Morgan fingerprint density at radius 2 is 1.66 bits per heavy atom. The first-order valence-electron chi connectivity index (χ1n) is 15.7. The molecule has 0 radical (unpaired) electrons. The lowest BCUT2D eigenvalue weighted by Crippen LogP contribution is -2.62. The van der Waals surface area contributed by atoms with Gasteiger partial charge in [0.1, 0.15) is 34.6 Å². The van der Waals surface area contributed by atoms with Crippen molar-refractivity contribution < 1.29 is 33.5 Å². The van der Waals surface area contributed by atoms with E-state index < -0.39 is 81.3 Å². The highest BCUT2D eigenvalue weighted by atomic mass is 35.5. The van der Waals surface area contributed by atoms with E-state index in [-0.39, 0.29) is 25.0 Å². The number of fused-ring (bicyclic) bond motifs is 2. The van der Waals surface area contributed by atoms with Gasteiger partial charge in [0.25, 0.3) is 5.91 Å². The third-order valence-electron chi connectivity index (χ3n) is 9.05. The van der Waals surface area contributed by atoms with Crippen LogP contribution in [0.3, 0.4) is 0 Å². The monoisotopic (exact) mass is 691 g/mol. The van der Waals surface area contributed by atoms with E-state index in [4.69, 9.17) is 33.7 Å². The number of hydrogen-bond acceptors (Lipinski definition) is 7. The smallest absolute Gasteiger partial charge is 0.329 e. The highest BCUT2D eigenvalue weighted by molar-refractivity contribution is 6.51. The van der Waals surface area contributed by atoms with Crippen LogP contribution in [0, 0.1) is 23.2 Å². The number of nitrogens with zero attached hydrogens (tertiary/aromatic N) is 1. The molecule has 1 aromatic rings. The zero-order chi connectivity index (χ0) is 35.0. The van der Waals surface area contributed by atoms with Crippen molar-refractivity contribution in [2.45, 2.75) is 88.5 Å². The van der Waals surface area contributed by atoms with Gasteiger partial charge in [0.05, 0.1) is 0 Å². The van der Waals surface area contributed by atoms with Crippen molar-refractivity contribution in [2.75, 3.05) is 6.54 Å². The minimum absolute atomic E-state index is 0.0189. The first-order chi connectivity index (χ1) is 21.9. The summed E-state index contributed by atoms with van der Waals surface area (Å²) in [6.45, 7) is 12.3. The van der Waals surface area contributed by atoms with Crippen LogP contribution in [0.1, 0.15) is 52.2 Å². The Kier molecular flexibility index (Phi) is 10.7. The predicted octanol–water partition coefficient (Wildman–Crippen LogP) is 2.18.